The van der Waals surface area contributed by atoms with E-state index in [-0.39, 0.29) is 10.8 Å². The molecule has 0 aliphatic rings. The third-order valence-corrected chi connectivity index (χ3v) is 5.12. The summed E-state index contributed by atoms with van der Waals surface area (Å²) in [5.41, 5.74) is 1.80. The number of benzene rings is 3. The number of carbonyl (C=O) groups excluding carboxylic acids is 1. The Kier molecular flexibility index (Phi) is 5.20. The van der Waals surface area contributed by atoms with Crippen LogP contribution in [0.5, 0.6) is 0 Å². The van der Waals surface area contributed by atoms with Crippen molar-refractivity contribution in [1.29, 1.82) is 5.26 Å². The fourth-order valence-electron chi connectivity index (χ4n) is 2.33. The van der Waals surface area contributed by atoms with Gasteiger partial charge >= 0.3 is 0 Å². The molecule has 7 heteroatoms. The van der Waals surface area contributed by atoms with E-state index >= 15 is 0 Å². The average molecular weight is 377 g/mol. The topological polar surface area (TPSA) is 99.1 Å². The highest BCUT2D eigenvalue weighted by atomic mass is 32.2. The second kappa shape index (κ2) is 7.72. The van der Waals surface area contributed by atoms with Gasteiger partial charge in [-0.25, -0.2) is 8.42 Å². The van der Waals surface area contributed by atoms with E-state index in [2.05, 4.69) is 10.0 Å². The van der Waals surface area contributed by atoms with Crippen molar-refractivity contribution in [3.63, 3.8) is 0 Å². The van der Waals surface area contributed by atoms with E-state index in [1.807, 2.05) is 6.07 Å². The number of nitrogens with zero attached hydrogens (tertiary/aromatic N) is 1. The monoisotopic (exact) mass is 377 g/mol. The Morgan fingerprint density at radius 3 is 2.00 bits per heavy atom. The molecule has 0 atom stereocenters. The first-order valence-electron chi connectivity index (χ1n) is 7.97. The van der Waals surface area contributed by atoms with Crippen molar-refractivity contribution in [2.45, 2.75) is 4.90 Å². The molecular formula is C20H15N3O3S. The maximum absolute atomic E-state index is 12.3. The van der Waals surface area contributed by atoms with Crippen LogP contribution in [0.15, 0.2) is 83.8 Å². The largest absolute Gasteiger partial charge is 0.322 e. The van der Waals surface area contributed by atoms with E-state index in [9.17, 15) is 13.2 Å². The van der Waals surface area contributed by atoms with E-state index in [0.717, 1.165) is 0 Å². The second-order valence-electron chi connectivity index (χ2n) is 5.64. The van der Waals surface area contributed by atoms with Crippen molar-refractivity contribution in [2.75, 3.05) is 10.0 Å². The lowest BCUT2D eigenvalue weighted by atomic mass is 10.2. The van der Waals surface area contributed by atoms with Crippen LogP contribution in [0, 0.1) is 11.3 Å². The van der Waals surface area contributed by atoms with Gasteiger partial charge in [0.15, 0.2) is 0 Å². The van der Waals surface area contributed by atoms with Gasteiger partial charge in [-0.15, -0.1) is 0 Å². The SMILES string of the molecule is N#Cc1ccc(NC(=O)c2ccc(NS(=O)(=O)c3ccccc3)cc2)cc1. The minimum Gasteiger partial charge on any atom is -0.322 e. The highest BCUT2D eigenvalue weighted by Crippen LogP contribution is 2.17. The molecule has 1 amide bonds. The predicted octanol–water partition coefficient (Wildman–Crippen LogP) is 3.61. The summed E-state index contributed by atoms with van der Waals surface area (Å²) in [6.07, 6.45) is 0. The summed E-state index contributed by atoms with van der Waals surface area (Å²) in [4.78, 5) is 12.4. The Hall–Kier alpha value is -3.63. The van der Waals surface area contributed by atoms with Crippen LogP contribution in [-0.4, -0.2) is 14.3 Å². The molecule has 0 saturated carbocycles. The third kappa shape index (κ3) is 4.51. The molecule has 0 fully saturated rings. The van der Waals surface area contributed by atoms with Gasteiger partial charge in [-0.1, -0.05) is 18.2 Å². The summed E-state index contributed by atoms with van der Waals surface area (Å²) in [7, 11) is -3.68. The molecule has 0 aromatic heterocycles. The highest BCUT2D eigenvalue weighted by Gasteiger charge is 2.14. The van der Waals surface area contributed by atoms with Crippen LogP contribution in [-0.2, 0) is 10.0 Å². The molecule has 0 aliphatic carbocycles. The van der Waals surface area contributed by atoms with Gasteiger partial charge in [-0.3, -0.25) is 9.52 Å². The number of amides is 1. The van der Waals surface area contributed by atoms with Crippen LogP contribution in [0.3, 0.4) is 0 Å². The van der Waals surface area contributed by atoms with Crippen molar-refractivity contribution < 1.29 is 13.2 Å². The summed E-state index contributed by atoms with van der Waals surface area (Å²) in [6.45, 7) is 0. The van der Waals surface area contributed by atoms with Crippen molar-refractivity contribution in [2.24, 2.45) is 0 Å². The van der Waals surface area contributed by atoms with Gasteiger partial charge in [0.05, 0.1) is 16.5 Å². The molecule has 3 aromatic rings. The predicted molar refractivity (Wildman–Crippen MR) is 103 cm³/mol. The zero-order chi connectivity index (χ0) is 19.3. The molecule has 0 heterocycles. The molecule has 134 valence electrons. The van der Waals surface area contributed by atoms with Crippen LogP contribution >= 0.6 is 0 Å². The number of carbonyl (C=O) groups is 1. The van der Waals surface area contributed by atoms with Crippen LogP contribution in [0.1, 0.15) is 15.9 Å². The number of sulfonamides is 1. The highest BCUT2D eigenvalue weighted by molar-refractivity contribution is 7.92. The van der Waals surface area contributed by atoms with Gasteiger partial charge in [0.1, 0.15) is 0 Å². The molecular weight excluding hydrogens is 362 g/mol. The normalized spacial score (nSPS) is 10.6. The average Bonchev–Trinajstić information content (AvgIpc) is 2.69. The third-order valence-electron chi connectivity index (χ3n) is 3.72. The minimum absolute atomic E-state index is 0.160. The van der Waals surface area contributed by atoms with Crippen LogP contribution < -0.4 is 10.0 Å². The Morgan fingerprint density at radius 2 is 1.41 bits per heavy atom. The lowest BCUT2D eigenvalue weighted by Crippen LogP contribution is -2.14. The fourth-order valence-corrected chi connectivity index (χ4v) is 3.41. The van der Waals surface area contributed by atoms with Crippen LogP contribution in [0.25, 0.3) is 0 Å². The molecule has 0 bridgehead atoms. The van der Waals surface area contributed by atoms with Gasteiger partial charge in [0, 0.05) is 16.9 Å². The standard InChI is InChI=1S/C20H15N3O3S/c21-14-15-6-10-17(11-7-15)22-20(24)16-8-12-18(13-9-16)23-27(25,26)19-4-2-1-3-5-19/h1-13,23H,(H,22,24). The molecule has 0 saturated heterocycles. The van der Waals surface area contributed by atoms with Gasteiger partial charge in [-0.05, 0) is 60.7 Å². The van der Waals surface area contributed by atoms with Crippen molar-refractivity contribution in [1.82, 2.24) is 0 Å². The Labute approximate surface area is 157 Å². The quantitative estimate of drug-likeness (QED) is 0.709. The molecule has 6 nitrogen and oxygen atoms in total. The van der Waals surface area contributed by atoms with Gasteiger partial charge in [0.2, 0.25) is 0 Å². The summed E-state index contributed by atoms with van der Waals surface area (Å²) in [5, 5.41) is 11.5. The molecule has 0 spiro atoms. The number of hydrogen-bond acceptors (Lipinski definition) is 4. The molecule has 0 unspecified atom stereocenters. The molecule has 3 aromatic carbocycles. The first kappa shape index (κ1) is 18.2. The van der Waals surface area contributed by atoms with Gasteiger partial charge in [0.25, 0.3) is 15.9 Å². The van der Waals surface area contributed by atoms with Crippen molar-refractivity contribution in [3.8, 4) is 6.07 Å². The maximum Gasteiger partial charge on any atom is 0.261 e. The number of nitriles is 1. The molecule has 0 aliphatic heterocycles. The first-order valence-corrected chi connectivity index (χ1v) is 9.46. The van der Waals surface area contributed by atoms with E-state index in [1.165, 1.54) is 36.4 Å². The van der Waals surface area contributed by atoms with E-state index in [1.54, 1.807) is 42.5 Å². The van der Waals surface area contributed by atoms with E-state index < -0.39 is 10.0 Å². The van der Waals surface area contributed by atoms with Gasteiger partial charge < -0.3 is 5.32 Å². The minimum atomic E-state index is -3.68. The summed E-state index contributed by atoms with van der Waals surface area (Å²) in [5.74, 6) is -0.336. The smallest absolute Gasteiger partial charge is 0.261 e. The Balaban J connectivity index is 1.69. The summed E-state index contributed by atoms with van der Waals surface area (Å²) >= 11 is 0. The maximum atomic E-state index is 12.3. The number of rotatable bonds is 5. The van der Waals surface area contributed by atoms with Crippen molar-refractivity contribution >= 4 is 27.3 Å². The van der Waals surface area contributed by atoms with Crippen LogP contribution in [0.2, 0.25) is 0 Å². The molecule has 2 N–H and O–H groups in total. The molecule has 27 heavy (non-hydrogen) atoms. The number of anilines is 2. The fraction of sp³-hybridized carbons (Fsp3) is 0. The second-order valence-corrected chi connectivity index (χ2v) is 7.32. The van der Waals surface area contributed by atoms with Gasteiger partial charge in [-0.2, -0.15) is 5.26 Å². The van der Waals surface area contributed by atoms with Crippen molar-refractivity contribution in [3.05, 3.63) is 90.0 Å². The van der Waals surface area contributed by atoms with E-state index in [0.29, 0.717) is 22.5 Å². The Bertz CT molecular complexity index is 1090. The Morgan fingerprint density at radius 1 is 0.815 bits per heavy atom. The number of nitrogens with one attached hydrogen (secondary N) is 2. The number of hydrogen-bond donors (Lipinski definition) is 2. The zero-order valence-corrected chi connectivity index (χ0v) is 14.9. The summed E-state index contributed by atoms with van der Waals surface area (Å²) in [6, 6.07) is 22.6. The lowest BCUT2D eigenvalue weighted by Gasteiger charge is -2.09. The molecule has 3 rings (SSSR count). The lowest BCUT2D eigenvalue weighted by molar-refractivity contribution is 0.102. The first-order chi connectivity index (χ1) is 13.0. The summed E-state index contributed by atoms with van der Waals surface area (Å²) < 4.78 is 27.1. The molecule has 0 radical (unpaired) electrons. The van der Waals surface area contributed by atoms with Crippen LogP contribution in [0.4, 0.5) is 11.4 Å². The van der Waals surface area contributed by atoms with E-state index in [4.69, 9.17) is 5.26 Å². The zero-order valence-electron chi connectivity index (χ0n) is 14.1.